The quantitative estimate of drug-likeness (QED) is 0.814. The van der Waals surface area contributed by atoms with E-state index in [4.69, 9.17) is 0 Å². The molecule has 0 aliphatic carbocycles. The lowest BCUT2D eigenvalue weighted by atomic mass is 10.2. The predicted octanol–water partition coefficient (Wildman–Crippen LogP) is 3.66. The van der Waals surface area contributed by atoms with Gasteiger partial charge in [-0.2, -0.15) is 13.2 Å². The lowest BCUT2D eigenvalue weighted by Gasteiger charge is -2.21. The summed E-state index contributed by atoms with van der Waals surface area (Å²) >= 11 is 0. The second-order valence-electron chi connectivity index (χ2n) is 5.96. The first kappa shape index (κ1) is 20.9. The second kappa shape index (κ2) is 8.55. The Morgan fingerprint density at radius 2 is 1.36 bits per heavy atom. The Morgan fingerprint density at radius 3 is 1.82 bits per heavy atom. The maximum absolute atomic E-state index is 12.6. The lowest BCUT2D eigenvalue weighted by Crippen LogP contribution is -2.36. The van der Waals surface area contributed by atoms with Crippen molar-refractivity contribution >= 4 is 34.8 Å². The third kappa shape index (κ3) is 5.83. The summed E-state index contributed by atoms with van der Waals surface area (Å²) in [6.07, 6.45) is -4.46. The highest BCUT2D eigenvalue weighted by atomic mass is 19.4. The van der Waals surface area contributed by atoms with Crippen molar-refractivity contribution in [3.8, 4) is 0 Å². The van der Waals surface area contributed by atoms with Gasteiger partial charge in [-0.25, -0.2) is 0 Å². The highest BCUT2D eigenvalue weighted by Crippen LogP contribution is 2.29. The molecule has 28 heavy (non-hydrogen) atoms. The summed E-state index contributed by atoms with van der Waals surface area (Å²) in [5.41, 5.74) is 0.329. The van der Waals surface area contributed by atoms with Gasteiger partial charge in [-0.15, -0.1) is 0 Å². The highest BCUT2D eigenvalue weighted by Gasteiger charge is 2.30. The van der Waals surface area contributed by atoms with Crippen LogP contribution >= 0.6 is 0 Å². The van der Waals surface area contributed by atoms with Crippen LogP contribution in [0.5, 0.6) is 0 Å². The van der Waals surface area contributed by atoms with Crippen LogP contribution in [0.25, 0.3) is 0 Å². The van der Waals surface area contributed by atoms with E-state index in [0.717, 1.165) is 24.3 Å². The predicted molar refractivity (Wildman–Crippen MR) is 98.8 cm³/mol. The molecule has 2 aromatic rings. The fourth-order valence-corrected chi connectivity index (χ4v) is 2.40. The second-order valence-corrected chi connectivity index (χ2v) is 5.96. The number of halogens is 3. The van der Waals surface area contributed by atoms with Gasteiger partial charge < -0.3 is 15.5 Å². The molecule has 0 unspecified atom stereocenters. The van der Waals surface area contributed by atoms with Crippen LogP contribution in [-0.4, -0.2) is 24.3 Å². The molecule has 3 amide bonds. The van der Waals surface area contributed by atoms with E-state index in [1.807, 2.05) is 0 Å². The van der Waals surface area contributed by atoms with Gasteiger partial charge in [-0.3, -0.25) is 14.4 Å². The van der Waals surface area contributed by atoms with Crippen molar-refractivity contribution in [3.63, 3.8) is 0 Å². The Kier molecular flexibility index (Phi) is 6.40. The van der Waals surface area contributed by atoms with E-state index < -0.39 is 23.6 Å². The van der Waals surface area contributed by atoms with Crippen LogP contribution in [0.4, 0.5) is 30.2 Å². The molecule has 2 rings (SSSR count). The summed E-state index contributed by atoms with van der Waals surface area (Å²) in [4.78, 5) is 36.4. The van der Waals surface area contributed by atoms with Gasteiger partial charge in [0, 0.05) is 30.9 Å². The maximum Gasteiger partial charge on any atom is 0.416 e. The number of carbonyl (C=O) groups excluding carboxylic acids is 3. The number of rotatable bonds is 5. The molecular formula is C19H18F3N3O3. The van der Waals surface area contributed by atoms with Crippen molar-refractivity contribution in [1.29, 1.82) is 0 Å². The van der Waals surface area contributed by atoms with Gasteiger partial charge in [0.2, 0.25) is 17.7 Å². The zero-order chi connectivity index (χ0) is 20.9. The molecule has 2 N–H and O–H groups in total. The van der Waals surface area contributed by atoms with Crippen LogP contribution in [0.2, 0.25) is 0 Å². The molecule has 0 aliphatic heterocycles. The van der Waals surface area contributed by atoms with E-state index >= 15 is 0 Å². The third-order valence-corrected chi connectivity index (χ3v) is 3.68. The van der Waals surface area contributed by atoms with Crippen molar-refractivity contribution in [1.82, 2.24) is 0 Å². The first-order valence-electron chi connectivity index (χ1n) is 8.19. The number of benzene rings is 2. The van der Waals surface area contributed by atoms with E-state index in [1.54, 1.807) is 24.3 Å². The molecule has 0 aromatic heterocycles. The molecule has 0 spiro atoms. The normalized spacial score (nSPS) is 10.9. The summed E-state index contributed by atoms with van der Waals surface area (Å²) in [5, 5.41) is 5.04. The van der Waals surface area contributed by atoms with Gasteiger partial charge in [-0.1, -0.05) is 0 Å². The smallest absolute Gasteiger partial charge is 0.326 e. The average molecular weight is 393 g/mol. The Bertz CT molecular complexity index is 863. The van der Waals surface area contributed by atoms with Crippen LogP contribution in [0.1, 0.15) is 19.4 Å². The molecule has 6 nitrogen and oxygen atoms in total. The molecule has 0 heterocycles. The van der Waals surface area contributed by atoms with Crippen LogP contribution in [0.3, 0.4) is 0 Å². The highest BCUT2D eigenvalue weighted by molar-refractivity contribution is 6.02. The van der Waals surface area contributed by atoms with Gasteiger partial charge in [0.05, 0.1) is 5.56 Å². The van der Waals surface area contributed by atoms with Crippen LogP contribution < -0.4 is 15.5 Å². The first-order chi connectivity index (χ1) is 13.1. The zero-order valence-corrected chi connectivity index (χ0v) is 15.1. The van der Waals surface area contributed by atoms with Crippen molar-refractivity contribution in [2.75, 3.05) is 22.1 Å². The minimum atomic E-state index is -4.46. The Hall–Kier alpha value is -3.36. The van der Waals surface area contributed by atoms with Gasteiger partial charge in [0.1, 0.15) is 6.54 Å². The molecule has 0 radical (unpaired) electrons. The van der Waals surface area contributed by atoms with Crippen LogP contribution in [-0.2, 0) is 20.6 Å². The zero-order valence-electron chi connectivity index (χ0n) is 15.1. The van der Waals surface area contributed by atoms with Crippen LogP contribution in [0, 0.1) is 0 Å². The summed E-state index contributed by atoms with van der Waals surface area (Å²) < 4.78 is 37.7. The summed E-state index contributed by atoms with van der Waals surface area (Å²) in [6, 6.07) is 10.3. The van der Waals surface area contributed by atoms with Gasteiger partial charge in [-0.05, 0) is 48.5 Å². The molecule has 2 aromatic carbocycles. The fourth-order valence-electron chi connectivity index (χ4n) is 2.40. The fraction of sp³-hybridized carbons (Fsp3) is 0.211. The molecule has 0 saturated heterocycles. The lowest BCUT2D eigenvalue weighted by molar-refractivity contribution is -0.137. The molecule has 148 valence electrons. The topological polar surface area (TPSA) is 78.5 Å². The van der Waals surface area contributed by atoms with E-state index in [0.29, 0.717) is 11.4 Å². The van der Waals surface area contributed by atoms with Gasteiger partial charge >= 0.3 is 6.18 Å². The van der Waals surface area contributed by atoms with Crippen molar-refractivity contribution in [2.24, 2.45) is 0 Å². The van der Waals surface area contributed by atoms with E-state index in [9.17, 15) is 27.6 Å². The SMILES string of the molecule is CC(=O)Nc1ccc(N(CC(=O)Nc2ccc(C(F)(F)F)cc2)C(C)=O)cc1. The van der Waals surface area contributed by atoms with E-state index in [1.165, 1.54) is 18.7 Å². The number of anilines is 3. The number of hydrogen-bond donors (Lipinski definition) is 2. The van der Waals surface area contributed by atoms with Crippen molar-refractivity contribution in [2.45, 2.75) is 20.0 Å². The number of amides is 3. The monoisotopic (exact) mass is 393 g/mol. The first-order valence-corrected chi connectivity index (χ1v) is 8.19. The molecule has 0 fully saturated rings. The largest absolute Gasteiger partial charge is 0.416 e. The van der Waals surface area contributed by atoms with Gasteiger partial charge in [0.25, 0.3) is 0 Å². The standard InChI is InChI=1S/C19H18F3N3O3/c1-12(26)23-15-7-9-17(10-8-15)25(13(2)27)11-18(28)24-16-5-3-14(4-6-16)19(20,21)22/h3-10H,11H2,1-2H3,(H,23,26)(H,24,28). The summed E-state index contributed by atoms with van der Waals surface area (Å²) in [6.45, 7) is 2.32. The van der Waals surface area contributed by atoms with E-state index in [2.05, 4.69) is 10.6 Å². The summed E-state index contributed by atoms with van der Waals surface area (Å²) in [7, 11) is 0. The van der Waals surface area contributed by atoms with Gasteiger partial charge in [0.15, 0.2) is 0 Å². The summed E-state index contributed by atoms with van der Waals surface area (Å²) in [5.74, 6) is -1.21. The minimum absolute atomic E-state index is 0.183. The number of nitrogens with zero attached hydrogens (tertiary/aromatic N) is 1. The Morgan fingerprint density at radius 1 is 0.857 bits per heavy atom. The molecule has 0 aliphatic rings. The van der Waals surface area contributed by atoms with Crippen molar-refractivity contribution in [3.05, 3.63) is 54.1 Å². The van der Waals surface area contributed by atoms with Crippen LogP contribution in [0.15, 0.2) is 48.5 Å². The van der Waals surface area contributed by atoms with Crippen molar-refractivity contribution < 1.29 is 27.6 Å². The maximum atomic E-state index is 12.6. The molecular weight excluding hydrogens is 375 g/mol. The molecule has 9 heteroatoms. The molecule has 0 bridgehead atoms. The molecule has 0 atom stereocenters. The number of carbonyl (C=O) groups is 3. The van der Waals surface area contributed by atoms with E-state index in [-0.39, 0.29) is 18.1 Å². The number of nitrogens with one attached hydrogen (secondary N) is 2. The minimum Gasteiger partial charge on any atom is -0.326 e. The number of hydrogen-bond acceptors (Lipinski definition) is 3. The third-order valence-electron chi connectivity index (χ3n) is 3.68. The Balaban J connectivity index is 2.06. The Labute approximate surface area is 159 Å². The average Bonchev–Trinajstić information content (AvgIpc) is 2.59. The molecule has 0 saturated carbocycles. The number of alkyl halides is 3.